The number of hydrogen-bond donors (Lipinski definition) is 0. The van der Waals surface area contributed by atoms with Crippen molar-refractivity contribution in [3.63, 3.8) is 0 Å². The van der Waals surface area contributed by atoms with E-state index >= 15 is 0 Å². The minimum Gasteiger partial charge on any atom is -0.0613 e. The fourth-order valence-electron chi connectivity index (χ4n) is 13.8. The van der Waals surface area contributed by atoms with Gasteiger partial charge in [-0.15, -0.1) is 0 Å². The van der Waals surface area contributed by atoms with Gasteiger partial charge in [-0.2, -0.15) is 0 Å². The van der Waals surface area contributed by atoms with Gasteiger partial charge < -0.3 is 0 Å². The van der Waals surface area contributed by atoms with E-state index in [1.165, 1.54) is 167 Å². The molecule has 0 atom stereocenters. The largest absolute Gasteiger partial charge is 0.0613 e. The van der Waals surface area contributed by atoms with Crippen LogP contribution in [0.1, 0.15) is 143 Å². The Balaban J connectivity index is 0.000000126. The fraction of sp³-hybridized carbons (Fsp3) is 0.241. The number of hydrogen-bond acceptors (Lipinski definition) is 0. The summed E-state index contributed by atoms with van der Waals surface area (Å²) in [7, 11) is 0. The summed E-state index contributed by atoms with van der Waals surface area (Å²) in [5.41, 5.74) is 40.7. The van der Waals surface area contributed by atoms with E-state index < -0.39 is 0 Å². The average molecular weight is 1030 g/mol. The van der Waals surface area contributed by atoms with Gasteiger partial charge in [0.15, 0.2) is 0 Å². The molecule has 0 heteroatoms. The lowest BCUT2D eigenvalue weighted by Crippen LogP contribution is -2.23. The Bertz CT molecular complexity index is 3870. The predicted molar refractivity (Wildman–Crippen MR) is 339 cm³/mol. The third-order valence-electron chi connectivity index (χ3n) is 18.5. The van der Waals surface area contributed by atoms with Crippen LogP contribution in [0.2, 0.25) is 0 Å². The fourth-order valence-corrected chi connectivity index (χ4v) is 13.8. The van der Waals surface area contributed by atoms with E-state index in [0.29, 0.717) is 0 Å². The Kier molecular flexibility index (Phi) is 13.4. The van der Waals surface area contributed by atoms with Crippen molar-refractivity contribution in [1.29, 1.82) is 0 Å². The van der Waals surface area contributed by atoms with Gasteiger partial charge in [0.1, 0.15) is 0 Å². The first-order chi connectivity index (χ1) is 37.6. The molecule has 394 valence electrons. The smallest absolute Gasteiger partial charge is 0.0435 e. The standard InChI is InChI=1S/C29H26.C26H28.C24H24/c1-19-8-12-22(13-9-19)23-6-5-7-24(18-23)29(4)27-16-20(2)10-14-25(27)26-15-11-21(3)17-28(26)29;1-15-8-16(2)10-21(9-15)26(7)24-13-19(5)17(3)11-22(24)23-12-18(4)20(6)14-25(23)26;1-15-6-8-20-21-9-7-16(2)14-23(21)24(5,22(20)13-15)19-11-17(3)10-18(4)12-19/h5-18H,1-4H3;8-14H,1-7H3;6-14H,1-5H3. The third kappa shape index (κ3) is 9.03. The summed E-state index contributed by atoms with van der Waals surface area (Å²) in [6.07, 6.45) is 0. The summed E-state index contributed by atoms with van der Waals surface area (Å²) in [6.45, 7) is 35.8. The molecule has 0 heterocycles. The van der Waals surface area contributed by atoms with Gasteiger partial charge in [-0.05, 0) is 234 Å². The molecule has 0 saturated heterocycles. The first-order valence-corrected chi connectivity index (χ1v) is 28.6. The highest BCUT2D eigenvalue weighted by atomic mass is 14.5. The highest BCUT2D eigenvalue weighted by Crippen LogP contribution is 2.56. The van der Waals surface area contributed by atoms with E-state index in [4.69, 9.17) is 0 Å². The summed E-state index contributed by atoms with van der Waals surface area (Å²) in [5.74, 6) is 0. The Morgan fingerprint density at radius 3 is 0.861 bits per heavy atom. The monoisotopic (exact) mass is 1030 g/mol. The Hall–Kier alpha value is -7.80. The molecule has 0 saturated carbocycles. The van der Waals surface area contributed by atoms with Crippen molar-refractivity contribution in [2.75, 3.05) is 0 Å². The average Bonchev–Trinajstić information content (AvgIpc) is 4.04. The highest BCUT2D eigenvalue weighted by molar-refractivity contribution is 5.87. The second-order valence-corrected chi connectivity index (χ2v) is 24.7. The first kappa shape index (κ1) is 53.2. The Morgan fingerprint density at radius 1 is 0.203 bits per heavy atom. The van der Waals surface area contributed by atoms with Crippen molar-refractivity contribution in [2.24, 2.45) is 0 Å². The third-order valence-corrected chi connectivity index (χ3v) is 18.5. The highest BCUT2D eigenvalue weighted by Gasteiger charge is 2.44. The normalized spacial score (nSPS) is 14.1. The maximum atomic E-state index is 2.42. The first-order valence-electron chi connectivity index (χ1n) is 28.6. The van der Waals surface area contributed by atoms with E-state index in [1.807, 2.05) is 0 Å². The molecule has 10 aromatic rings. The van der Waals surface area contributed by atoms with E-state index in [-0.39, 0.29) is 16.2 Å². The van der Waals surface area contributed by atoms with Crippen molar-refractivity contribution in [2.45, 2.75) is 127 Å². The Morgan fingerprint density at radius 2 is 0.506 bits per heavy atom. The zero-order valence-corrected chi connectivity index (χ0v) is 49.8. The van der Waals surface area contributed by atoms with Crippen LogP contribution in [0.25, 0.3) is 44.5 Å². The molecule has 0 spiro atoms. The van der Waals surface area contributed by atoms with Crippen LogP contribution in [0.15, 0.2) is 182 Å². The van der Waals surface area contributed by atoms with Crippen LogP contribution in [-0.2, 0) is 16.2 Å². The molecule has 0 aromatic heterocycles. The van der Waals surface area contributed by atoms with Gasteiger partial charge in [-0.3, -0.25) is 0 Å². The second kappa shape index (κ2) is 19.8. The maximum Gasteiger partial charge on any atom is 0.0435 e. The molecule has 10 aromatic carbocycles. The summed E-state index contributed by atoms with van der Waals surface area (Å²) in [4.78, 5) is 0. The summed E-state index contributed by atoms with van der Waals surface area (Å²) in [6, 6.07) is 69.2. The lowest BCUT2D eigenvalue weighted by molar-refractivity contribution is 0.710. The molecule has 3 aliphatic rings. The van der Waals surface area contributed by atoms with Gasteiger partial charge >= 0.3 is 0 Å². The Labute approximate surface area is 473 Å². The lowest BCUT2D eigenvalue weighted by Gasteiger charge is -2.30. The van der Waals surface area contributed by atoms with Crippen LogP contribution in [0.3, 0.4) is 0 Å². The van der Waals surface area contributed by atoms with Crippen LogP contribution in [0.5, 0.6) is 0 Å². The van der Waals surface area contributed by atoms with Crippen molar-refractivity contribution < 1.29 is 0 Å². The summed E-state index contributed by atoms with van der Waals surface area (Å²) in [5, 5.41) is 0. The van der Waals surface area contributed by atoms with Crippen LogP contribution >= 0.6 is 0 Å². The van der Waals surface area contributed by atoms with E-state index in [2.05, 4.69) is 293 Å². The molecule has 0 amide bonds. The quantitative estimate of drug-likeness (QED) is 0.165. The van der Waals surface area contributed by atoms with Crippen molar-refractivity contribution in [1.82, 2.24) is 0 Å². The van der Waals surface area contributed by atoms with Gasteiger partial charge in [0.25, 0.3) is 0 Å². The van der Waals surface area contributed by atoms with E-state index in [1.54, 1.807) is 0 Å². The minimum atomic E-state index is -0.149. The molecular formula is C79H78. The van der Waals surface area contributed by atoms with Gasteiger partial charge in [-0.1, -0.05) is 226 Å². The number of fused-ring (bicyclic) bond motifs is 9. The molecule has 0 bridgehead atoms. The summed E-state index contributed by atoms with van der Waals surface area (Å²) >= 11 is 0. The van der Waals surface area contributed by atoms with E-state index in [0.717, 1.165) is 0 Å². The number of benzene rings is 10. The van der Waals surface area contributed by atoms with Crippen LogP contribution in [0.4, 0.5) is 0 Å². The topological polar surface area (TPSA) is 0 Å². The molecule has 13 rings (SSSR count). The van der Waals surface area contributed by atoms with E-state index in [9.17, 15) is 0 Å². The maximum absolute atomic E-state index is 2.42. The molecule has 0 unspecified atom stereocenters. The number of rotatable bonds is 4. The zero-order chi connectivity index (χ0) is 56.0. The second-order valence-electron chi connectivity index (χ2n) is 24.7. The lowest BCUT2D eigenvalue weighted by atomic mass is 9.72. The molecule has 0 radical (unpaired) electrons. The van der Waals surface area contributed by atoms with Gasteiger partial charge in [0.05, 0.1) is 0 Å². The molecule has 0 fully saturated rings. The zero-order valence-electron chi connectivity index (χ0n) is 49.8. The minimum absolute atomic E-state index is 0.0838. The molecule has 3 aliphatic carbocycles. The van der Waals surface area contributed by atoms with Crippen LogP contribution in [0, 0.1) is 90.0 Å². The van der Waals surface area contributed by atoms with Crippen molar-refractivity contribution in [3.05, 3.63) is 304 Å². The molecule has 0 aliphatic heterocycles. The molecular weight excluding hydrogens is 949 g/mol. The molecule has 0 nitrogen and oxygen atoms in total. The predicted octanol–water partition coefficient (Wildman–Crippen LogP) is 20.7. The van der Waals surface area contributed by atoms with Gasteiger partial charge in [0.2, 0.25) is 0 Å². The van der Waals surface area contributed by atoms with Crippen molar-refractivity contribution in [3.8, 4) is 44.5 Å². The number of aryl methyl sites for hydroxylation is 13. The molecule has 0 N–H and O–H groups in total. The van der Waals surface area contributed by atoms with Crippen LogP contribution < -0.4 is 0 Å². The van der Waals surface area contributed by atoms with Gasteiger partial charge in [-0.25, -0.2) is 0 Å². The molecule has 79 heavy (non-hydrogen) atoms. The summed E-state index contributed by atoms with van der Waals surface area (Å²) < 4.78 is 0. The van der Waals surface area contributed by atoms with Gasteiger partial charge in [0, 0.05) is 16.2 Å². The van der Waals surface area contributed by atoms with Crippen molar-refractivity contribution >= 4 is 0 Å². The SMILES string of the molecule is Cc1cc(C)cc(C2(C)c3cc(C)c(C)cc3-c3cc(C)c(C)cc32)c1.Cc1cc(C)cc(C2(C)c3cc(C)ccc3-c3ccc(C)cc32)c1.Cc1ccc(-c2cccc(C3(C)c4cc(C)ccc4-c4ccc(C)cc43)c2)cc1. The van der Waals surface area contributed by atoms with Crippen LogP contribution in [-0.4, -0.2) is 0 Å².